The van der Waals surface area contributed by atoms with E-state index in [0.29, 0.717) is 6.54 Å². The molecule has 0 amide bonds. The van der Waals surface area contributed by atoms with Crippen LogP contribution >= 0.6 is 11.8 Å². The first-order chi connectivity index (χ1) is 10.3. The summed E-state index contributed by atoms with van der Waals surface area (Å²) in [5, 5.41) is 6.60. The SMILES string of the molecule is Cc1nn(-c2ccccc2)c(Sc2ncc[nH]2)c1CCN. The number of aromatic nitrogens is 4. The van der Waals surface area contributed by atoms with Crippen LogP contribution in [0.3, 0.4) is 0 Å². The second-order valence-corrected chi connectivity index (χ2v) is 5.63. The number of para-hydroxylation sites is 1. The molecule has 0 saturated heterocycles. The molecule has 0 atom stereocenters. The van der Waals surface area contributed by atoms with Crippen molar-refractivity contribution in [3.05, 3.63) is 54.0 Å². The zero-order valence-electron chi connectivity index (χ0n) is 11.8. The molecule has 0 bridgehead atoms. The highest BCUT2D eigenvalue weighted by Crippen LogP contribution is 2.32. The molecule has 0 aliphatic rings. The third-order valence-corrected chi connectivity index (χ3v) is 4.23. The van der Waals surface area contributed by atoms with Crippen LogP contribution in [0.15, 0.2) is 52.9 Å². The number of aryl methyl sites for hydroxylation is 1. The van der Waals surface area contributed by atoms with E-state index in [-0.39, 0.29) is 0 Å². The fraction of sp³-hybridized carbons (Fsp3) is 0.200. The molecule has 3 N–H and O–H groups in total. The molecule has 0 aliphatic carbocycles. The van der Waals surface area contributed by atoms with Gasteiger partial charge in [-0.15, -0.1) is 0 Å². The van der Waals surface area contributed by atoms with Crippen molar-refractivity contribution in [3.63, 3.8) is 0 Å². The van der Waals surface area contributed by atoms with Crippen LogP contribution in [-0.2, 0) is 6.42 Å². The Labute approximate surface area is 127 Å². The molecular formula is C15H17N5S. The minimum atomic E-state index is 0.604. The van der Waals surface area contributed by atoms with Crippen molar-refractivity contribution in [1.82, 2.24) is 19.7 Å². The zero-order chi connectivity index (χ0) is 14.7. The number of H-pyrrole nitrogens is 1. The summed E-state index contributed by atoms with van der Waals surface area (Å²) in [7, 11) is 0. The van der Waals surface area contributed by atoms with Gasteiger partial charge in [-0.05, 0) is 43.8 Å². The fourth-order valence-electron chi connectivity index (χ4n) is 2.22. The first kappa shape index (κ1) is 13.9. The Balaban J connectivity index is 2.08. The van der Waals surface area contributed by atoms with Crippen molar-refractivity contribution in [3.8, 4) is 5.69 Å². The van der Waals surface area contributed by atoms with Crippen molar-refractivity contribution < 1.29 is 0 Å². The standard InChI is InChI=1S/C15H17N5S/c1-11-13(7-8-16)14(21-15-17-9-10-18-15)20(19-11)12-5-3-2-4-6-12/h2-6,9-10H,7-8,16H2,1H3,(H,17,18). The van der Waals surface area contributed by atoms with E-state index in [1.807, 2.05) is 48.1 Å². The summed E-state index contributed by atoms with van der Waals surface area (Å²) in [6, 6.07) is 10.1. The number of hydrogen-bond acceptors (Lipinski definition) is 4. The lowest BCUT2D eigenvalue weighted by molar-refractivity contribution is 0.785. The van der Waals surface area contributed by atoms with Crippen LogP contribution in [0, 0.1) is 6.92 Å². The van der Waals surface area contributed by atoms with Gasteiger partial charge in [0, 0.05) is 18.0 Å². The molecule has 21 heavy (non-hydrogen) atoms. The summed E-state index contributed by atoms with van der Waals surface area (Å²) in [4.78, 5) is 7.41. The van der Waals surface area contributed by atoms with Crippen LogP contribution in [0.1, 0.15) is 11.3 Å². The Bertz CT molecular complexity index is 703. The summed E-state index contributed by atoms with van der Waals surface area (Å²) in [6.07, 6.45) is 4.38. The van der Waals surface area contributed by atoms with E-state index in [1.54, 1.807) is 18.0 Å². The monoisotopic (exact) mass is 299 g/mol. The van der Waals surface area contributed by atoms with Gasteiger partial charge in [0.1, 0.15) is 5.03 Å². The Kier molecular flexibility index (Phi) is 4.08. The number of rotatable bonds is 5. The lowest BCUT2D eigenvalue weighted by Crippen LogP contribution is -2.05. The summed E-state index contributed by atoms with van der Waals surface area (Å²) in [6.45, 7) is 2.63. The first-order valence-electron chi connectivity index (χ1n) is 6.81. The number of nitrogens with zero attached hydrogens (tertiary/aromatic N) is 3. The third kappa shape index (κ3) is 2.86. The van der Waals surface area contributed by atoms with E-state index in [2.05, 4.69) is 15.1 Å². The van der Waals surface area contributed by atoms with E-state index in [1.165, 1.54) is 5.56 Å². The second kappa shape index (κ2) is 6.15. The molecule has 3 aromatic rings. The van der Waals surface area contributed by atoms with Gasteiger partial charge >= 0.3 is 0 Å². The molecule has 3 rings (SSSR count). The van der Waals surface area contributed by atoms with Gasteiger partial charge in [-0.25, -0.2) is 9.67 Å². The third-order valence-electron chi connectivity index (χ3n) is 3.20. The topological polar surface area (TPSA) is 72.5 Å². The Morgan fingerprint density at radius 2 is 2.10 bits per heavy atom. The normalized spacial score (nSPS) is 11.0. The second-order valence-electron chi connectivity index (χ2n) is 4.65. The van der Waals surface area contributed by atoms with Crippen molar-refractivity contribution >= 4 is 11.8 Å². The maximum absolute atomic E-state index is 5.75. The predicted molar refractivity (Wildman–Crippen MR) is 83.8 cm³/mol. The molecule has 1 aromatic carbocycles. The molecule has 0 fully saturated rings. The Morgan fingerprint density at radius 3 is 2.76 bits per heavy atom. The quantitative estimate of drug-likeness (QED) is 0.759. The summed E-state index contributed by atoms with van der Waals surface area (Å²) < 4.78 is 1.97. The van der Waals surface area contributed by atoms with Crippen molar-refractivity contribution in [1.29, 1.82) is 0 Å². The number of benzene rings is 1. The molecule has 0 aliphatic heterocycles. The molecule has 108 valence electrons. The largest absolute Gasteiger partial charge is 0.339 e. The van der Waals surface area contributed by atoms with Crippen LogP contribution in [0.5, 0.6) is 0 Å². The van der Waals surface area contributed by atoms with Gasteiger partial charge in [0.25, 0.3) is 0 Å². The highest BCUT2D eigenvalue weighted by molar-refractivity contribution is 7.99. The maximum atomic E-state index is 5.75. The van der Waals surface area contributed by atoms with Gasteiger partial charge in [0.05, 0.1) is 11.4 Å². The van der Waals surface area contributed by atoms with E-state index >= 15 is 0 Å². The van der Waals surface area contributed by atoms with E-state index < -0.39 is 0 Å². The molecule has 0 spiro atoms. The molecule has 0 saturated carbocycles. The fourth-order valence-corrected chi connectivity index (χ4v) is 3.25. The first-order valence-corrected chi connectivity index (χ1v) is 7.62. The molecule has 6 heteroatoms. The highest BCUT2D eigenvalue weighted by Gasteiger charge is 2.17. The van der Waals surface area contributed by atoms with Crippen molar-refractivity contribution in [2.75, 3.05) is 6.54 Å². The van der Waals surface area contributed by atoms with Crippen LogP contribution in [-0.4, -0.2) is 26.3 Å². The zero-order valence-corrected chi connectivity index (χ0v) is 12.6. The lowest BCUT2D eigenvalue weighted by atomic mass is 10.2. The van der Waals surface area contributed by atoms with Gasteiger partial charge in [-0.1, -0.05) is 18.2 Å². The molecule has 0 unspecified atom stereocenters. The van der Waals surface area contributed by atoms with E-state index in [4.69, 9.17) is 5.73 Å². The van der Waals surface area contributed by atoms with E-state index in [0.717, 1.165) is 28.0 Å². The molecular weight excluding hydrogens is 282 g/mol. The number of imidazole rings is 1. The van der Waals surface area contributed by atoms with Gasteiger partial charge in [-0.2, -0.15) is 5.10 Å². The van der Waals surface area contributed by atoms with Crippen LogP contribution in [0.2, 0.25) is 0 Å². The lowest BCUT2D eigenvalue weighted by Gasteiger charge is -2.07. The van der Waals surface area contributed by atoms with Crippen LogP contribution in [0.25, 0.3) is 5.69 Å². The smallest absolute Gasteiger partial charge is 0.171 e. The molecule has 0 radical (unpaired) electrons. The molecule has 5 nitrogen and oxygen atoms in total. The predicted octanol–water partition coefficient (Wildman–Crippen LogP) is 2.56. The highest BCUT2D eigenvalue weighted by atomic mass is 32.2. The Morgan fingerprint density at radius 1 is 1.29 bits per heavy atom. The average Bonchev–Trinajstić information content (AvgIpc) is 3.12. The molecule has 2 heterocycles. The van der Waals surface area contributed by atoms with Gasteiger partial charge in [0.2, 0.25) is 0 Å². The summed E-state index contributed by atoms with van der Waals surface area (Å²) >= 11 is 1.58. The van der Waals surface area contributed by atoms with Crippen molar-refractivity contribution in [2.45, 2.75) is 23.5 Å². The minimum absolute atomic E-state index is 0.604. The van der Waals surface area contributed by atoms with Gasteiger partial charge < -0.3 is 10.7 Å². The summed E-state index contributed by atoms with van der Waals surface area (Å²) in [5.41, 5.74) is 8.99. The number of aromatic amines is 1. The average molecular weight is 299 g/mol. The van der Waals surface area contributed by atoms with Crippen molar-refractivity contribution in [2.24, 2.45) is 5.73 Å². The number of nitrogens with two attached hydrogens (primary N) is 1. The van der Waals surface area contributed by atoms with Gasteiger partial charge in [-0.3, -0.25) is 0 Å². The molecule has 2 aromatic heterocycles. The Hall–Kier alpha value is -2.05. The summed E-state index contributed by atoms with van der Waals surface area (Å²) in [5.74, 6) is 0. The van der Waals surface area contributed by atoms with E-state index in [9.17, 15) is 0 Å². The number of nitrogens with one attached hydrogen (secondary N) is 1. The maximum Gasteiger partial charge on any atom is 0.171 e. The van der Waals surface area contributed by atoms with Crippen LogP contribution in [0.4, 0.5) is 0 Å². The van der Waals surface area contributed by atoms with Gasteiger partial charge in [0.15, 0.2) is 5.16 Å². The minimum Gasteiger partial charge on any atom is -0.339 e. The number of hydrogen-bond donors (Lipinski definition) is 2. The van der Waals surface area contributed by atoms with Crippen LogP contribution < -0.4 is 5.73 Å².